The third kappa shape index (κ3) is 1.73. The van der Waals surface area contributed by atoms with Crippen LogP contribution in [0.25, 0.3) is 0 Å². The quantitative estimate of drug-likeness (QED) is 0.316. The van der Waals surface area contributed by atoms with Gasteiger partial charge in [0, 0.05) is 5.38 Å². The topological polar surface area (TPSA) is 71.5 Å². The van der Waals surface area contributed by atoms with E-state index in [0.29, 0.717) is 10.9 Å². The number of rotatable bonds is 2. The lowest BCUT2D eigenvalue weighted by atomic mass is 10.2. The van der Waals surface area contributed by atoms with Crippen LogP contribution in [-0.2, 0) is 0 Å². The van der Waals surface area contributed by atoms with Crippen LogP contribution in [0.5, 0.6) is 0 Å². The summed E-state index contributed by atoms with van der Waals surface area (Å²) in [6, 6.07) is 0. The molecule has 0 unspecified atom stereocenters. The lowest BCUT2D eigenvalue weighted by molar-refractivity contribution is 0.318. The molecule has 1 rings (SSSR count). The van der Waals surface area contributed by atoms with Crippen LogP contribution in [0.2, 0.25) is 0 Å². The Hall–Kier alpha value is -1.10. The zero-order valence-corrected chi connectivity index (χ0v) is 7.80. The Morgan fingerprint density at radius 3 is 2.83 bits per heavy atom. The van der Waals surface area contributed by atoms with Gasteiger partial charge in [0.25, 0.3) is 0 Å². The molecule has 4 nitrogen and oxygen atoms in total. The van der Waals surface area contributed by atoms with Gasteiger partial charge in [-0.25, -0.2) is 4.98 Å². The SMILES string of the molecule is CC(C)c1csc(/C(N)=N\O)n1. The lowest BCUT2D eigenvalue weighted by Gasteiger charge is -1.96. The zero-order valence-electron chi connectivity index (χ0n) is 6.98. The van der Waals surface area contributed by atoms with E-state index in [1.54, 1.807) is 0 Å². The molecule has 0 aliphatic heterocycles. The van der Waals surface area contributed by atoms with Gasteiger partial charge in [0.2, 0.25) is 0 Å². The van der Waals surface area contributed by atoms with Crippen LogP contribution < -0.4 is 5.73 Å². The van der Waals surface area contributed by atoms with E-state index in [1.165, 1.54) is 11.3 Å². The van der Waals surface area contributed by atoms with E-state index < -0.39 is 0 Å². The molecule has 5 heteroatoms. The summed E-state index contributed by atoms with van der Waals surface area (Å²) in [5, 5.41) is 13.7. The Balaban J connectivity index is 2.92. The Morgan fingerprint density at radius 1 is 1.75 bits per heavy atom. The van der Waals surface area contributed by atoms with Crippen molar-refractivity contribution >= 4 is 17.2 Å². The van der Waals surface area contributed by atoms with Crippen LogP contribution in [0.4, 0.5) is 0 Å². The molecule has 12 heavy (non-hydrogen) atoms. The molecule has 0 bridgehead atoms. The Labute approximate surface area is 74.7 Å². The minimum atomic E-state index is 0.0758. The van der Waals surface area contributed by atoms with Crippen LogP contribution in [0.3, 0.4) is 0 Å². The highest BCUT2D eigenvalue weighted by Crippen LogP contribution is 2.17. The van der Waals surface area contributed by atoms with Gasteiger partial charge in [0.05, 0.1) is 5.69 Å². The maximum atomic E-state index is 8.37. The smallest absolute Gasteiger partial charge is 0.199 e. The molecule has 1 aromatic heterocycles. The second-order valence-electron chi connectivity index (χ2n) is 2.72. The van der Waals surface area contributed by atoms with Gasteiger partial charge >= 0.3 is 0 Å². The van der Waals surface area contributed by atoms with E-state index in [0.717, 1.165) is 5.69 Å². The first kappa shape index (κ1) is 8.99. The van der Waals surface area contributed by atoms with Crippen molar-refractivity contribution in [2.45, 2.75) is 19.8 Å². The fraction of sp³-hybridized carbons (Fsp3) is 0.429. The monoisotopic (exact) mass is 185 g/mol. The van der Waals surface area contributed by atoms with Gasteiger partial charge in [-0.05, 0) is 5.92 Å². The number of nitrogens with two attached hydrogens (primary N) is 1. The minimum Gasteiger partial charge on any atom is -0.409 e. The number of amidine groups is 1. The van der Waals surface area contributed by atoms with E-state index in [9.17, 15) is 0 Å². The largest absolute Gasteiger partial charge is 0.409 e. The molecule has 0 aromatic carbocycles. The van der Waals surface area contributed by atoms with Gasteiger partial charge in [-0.15, -0.1) is 11.3 Å². The van der Waals surface area contributed by atoms with Gasteiger partial charge in [-0.3, -0.25) is 0 Å². The predicted octanol–water partition coefficient (Wildman–Crippen LogP) is 1.36. The summed E-state index contributed by atoms with van der Waals surface area (Å²) in [5.74, 6) is 0.452. The average molecular weight is 185 g/mol. The second kappa shape index (κ2) is 3.53. The zero-order chi connectivity index (χ0) is 9.14. The van der Waals surface area contributed by atoms with Crippen molar-refractivity contribution in [2.24, 2.45) is 10.9 Å². The van der Waals surface area contributed by atoms with Crippen LogP contribution >= 0.6 is 11.3 Å². The number of thiazole rings is 1. The molecular weight excluding hydrogens is 174 g/mol. The fourth-order valence-corrected chi connectivity index (χ4v) is 1.59. The second-order valence-corrected chi connectivity index (χ2v) is 3.58. The van der Waals surface area contributed by atoms with E-state index in [2.05, 4.69) is 10.1 Å². The highest BCUT2D eigenvalue weighted by atomic mass is 32.1. The van der Waals surface area contributed by atoms with Crippen LogP contribution in [-0.4, -0.2) is 16.0 Å². The summed E-state index contributed by atoms with van der Waals surface area (Å²) in [7, 11) is 0. The predicted molar refractivity (Wildman–Crippen MR) is 48.7 cm³/mol. The molecule has 0 spiro atoms. The minimum absolute atomic E-state index is 0.0758. The summed E-state index contributed by atoms with van der Waals surface area (Å²) in [5.41, 5.74) is 6.33. The molecule has 0 atom stereocenters. The first-order valence-electron chi connectivity index (χ1n) is 3.58. The molecule has 0 fully saturated rings. The normalized spacial score (nSPS) is 12.4. The van der Waals surface area contributed by atoms with Crippen molar-refractivity contribution in [3.8, 4) is 0 Å². The summed E-state index contributed by atoms with van der Waals surface area (Å²) in [6.07, 6.45) is 0. The van der Waals surface area contributed by atoms with Crippen LogP contribution in [0, 0.1) is 0 Å². The first-order chi connectivity index (χ1) is 5.65. The van der Waals surface area contributed by atoms with E-state index in [-0.39, 0.29) is 5.84 Å². The number of hydrogen-bond acceptors (Lipinski definition) is 4. The van der Waals surface area contributed by atoms with Crippen molar-refractivity contribution in [2.75, 3.05) is 0 Å². The van der Waals surface area contributed by atoms with Crippen molar-refractivity contribution < 1.29 is 5.21 Å². The lowest BCUT2D eigenvalue weighted by Crippen LogP contribution is -2.12. The first-order valence-corrected chi connectivity index (χ1v) is 4.46. The maximum absolute atomic E-state index is 8.37. The number of nitrogens with zero attached hydrogens (tertiary/aromatic N) is 2. The average Bonchev–Trinajstić information content (AvgIpc) is 2.51. The van der Waals surface area contributed by atoms with E-state index in [1.807, 2.05) is 19.2 Å². The summed E-state index contributed by atoms with van der Waals surface area (Å²) in [6.45, 7) is 4.09. The van der Waals surface area contributed by atoms with Gasteiger partial charge in [0.15, 0.2) is 10.8 Å². The van der Waals surface area contributed by atoms with Gasteiger partial charge < -0.3 is 10.9 Å². The molecule has 0 saturated heterocycles. The Kier molecular flexibility index (Phi) is 2.65. The summed E-state index contributed by atoms with van der Waals surface area (Å²) >= 11 is 1.38. The van der Waals surface area contributed by atoms with E-state index >= 15 is 0 Å². The maximum Gasteiger partial charge on any atom is 0.199 e. The molecule has 0 saturated carbocycles. The van der Waals surface area contributed by atoms with Gasteiger partial charge in [-0.2, -0.15) is 0 Å². The third-order valence-electron chi connectivity index (χ3n) is 1.44. The van der Waals surface area contributed by atoms with Crippen molar-refractivity contribution in [1.29, 1.82) is 0 Å². The molecule has 3 N–H and O–H groups in total. The van der Waals surface area contributed by atoms with E-state index in [4.69, 9.17) is 10.9 Å². The Bertz CT molecular complexity index is 293. The molecule has 0 amide bonds. The highest BCUT2D eigenvalue weighted by Gasteiger charge is 2.07. The molecule has 1 heterocycles. The van der Waals surface area contributed by atoms with Crippen LogP contribution in [0.1, 0.15) is 30.5 Å². The third-order valence-corrected chi connectivity index (χ3v) is 2.32. The molecule has 66 valence electrons. The Morgan fingerprint density at radius 2 is 2.42 bits per heavy atom. The van der Waals surface area contributed by atoms with Gasteiger partial charge in [0.1, 0.15) is 0 Å². The summed E-state index contributed by atoms with van der Waals surface area (Å²) < 4.78 is 0. The molecule has 1 aromatic rings. The highest BCUT2D eigenvalue weighted by molar-refractivity contribution is 7.11. The number of oxime groups is 1. The fourth-order valence-electron chi connectivity index (χ4n) is 0.712. The molecule has 0 aliphatic carbocycles. The number of aromatic nitrogens is 1. The molecule has 0 radical (unpaired) electrons. The summed E-state index contributed by atoms with van der Waals surface area (Å²) in [4.78, 5) is 4.18. The standard InChI is InChI=1S/C7H11N3OS/c1-4(2)5-3-12-7(9-5)6(8)10-11/h3-4,11H,1-2H3,(H2,8,10). The van der Waals surface area contributed by atoms with Crippen molar-refractivity contribution in [3.05, 3.63) is 16.1 Å². The van der Waals surface area contributed by atoms with Gasteiger partial charge in [-0.1, -0.05) is 19.0 Å². The molecule has 0 aliphatic rings. The van der Waals surface area contributed by atoms with Crippen molar-refractivity contribution in [3.63, 3.8) is 0 Å². The number of hydrogen-bond donors (Lipinski definition) is 2. The van der Waals surface area contributed by atoms with Crippen LogP contribution in [0.15, 0.2) is 10.5 Å². The molecular formula is C7H11N3OS. The van der Waals surface area contributed by atoms with Crippen molar-refractivity contribution in [1.82, 2.24) is 4.98 Å².